The summed E-state index contributed by atoms with van der Waals surface area (Å²) in [6.07, 6.45) is 3.79. The van der Waals surface area contributed by atoms with Crippen molar-refractivity contribution in [3.8, 4) is 0 Å². The lowest BCUT2D eigenvalue weighted by atomic mass is 10.0. The number of rotatable bonds is 7. The molecule has 1 aromatic carbocycles. The fourth-order valence-corrected chi connectivity index (χ4v) is 2.78. The molecule has 1 unspecified atom stereocenters. The van der Waals surface area contributed by atoms with Crippen molar-refractivity contribution >= 4 is 11.6 Å². The Balaban J connectivity index is 2.12. The second-order valence-electron chi connectivity index (χ2n) is 4.83. The Morgan fingerprint density at radius 1 is 1.25 bits per heavy atom. The summed E-state index contributed by atoms with van der Waals surface area (Å²) in [6, 6.07) is 10.8. The molecule has 0 aliphatic heterocycles. The maximum atomic E-state index is 6.31. The largest absolute Gasteiger partial charge is 0.309 e. The number of hydrogen-bond acceptors (Lipinski definition) is 2. The first kappa shape index (κ1) is 15.1. The van der Waals surface area contributed by atoms with Crippen LogP contribution >= 0.6 is 11.6 Å². The molecule has 0 fully saturated rings. The van der Waals surface area contributed by atoms with Gasteiger partial charge in [-0.3, -0.25) is 4.68 Å². The molecule has 1 atom stereocenters. The molecule has 1 aromatic heterocycles. The van der Waals surface area contributed by atoms with E-state index in [0.717, 1.165) is 36.6 Å². The Bertz CT molecular complexity index is 522. The van der Waals surface area contributed by atoms with Crippen LogP contribution in [0.3, 0.4) is 0 Å². The minimum atomic E-state index is 0.246. The highest BCUT2D eigenvalue weighted by molar-refractivity contribution is 6.31. The molecule has 108 valence electrons. The minimum absolute atomic E-state index is 0.246. The summed E-state index contributed by atoms with van der Waals surface area (Å²) < 4.78 is 1.99. The summed E-state index contributed by atoms with van der Waals surface area (Å²) in [4.78, 5) is 0. The van der Waals surface area contributed by atoms with Crippen molar-refractivity contribution < 1.29 is 0 Å². The standard InChI is InChI=1S/C16H22ClN3/c1-3-18-15(11-10-13-8-6-5-7-9-13)16-14(17)12-19-20(16)4-2/h5-9,12,15,18H,3-4,10-11H2,1-2H3. The van der Waals surface area contributed by atoms with E-state index in [9.17, 15) is 0 Å². The second-order valence-corrected chi connectivity index (χ2v) is 5.24. The fraction of sp³-hybridized carbons (Fsp3) is 0.438. The zero-order valence-electron chi connectivity index (χ0n) is 12.1. The first-order chi connectivity index (χ1) is 9.76. The van der Waals surface area contributed by atoms with Gasteiger partial charge in [-0.15, -0.1) is 0 Å². The van der Waals surface area contributed by atoms with Crippen molar-refractivity contribution in [2.24, 2.45) is 0 Å². The Labute approximate surface area is 126 Å². The van der Waals surface area contributed by atoms with Crippen molar-refractivity contribution in [2.75, 3.05) is 6.54 Å². The molecule has 0 spiro atoms. The van der Waals surface area contributed by atoms with Crippen LogP contribution < -0.4 is 5.32 Å². The van der Waals surface area contributed by atoms with Gasteiger partial charge in [-0.1, -0.05) is 48.9 Å². The summed E-state index contributed by atoms with van der Waals surface area (Å²) in [5, 5.41) is 8.62. The van der Waals surface area contributed by atoms with Crippen LogP contribution in [-0.2, 0) is 13.0 Å². The molecule has 3 nitrogen and oxygen atoms in total. The fourth-order valence-electron chi connectivity index (χ4n) is 2.51. The average Bonchev–Trinajstić information content (AvgIpc) is 2.85. The van der Waals surface area contributed by atoms with Gasteiger partial charge < -0.3 is 5.32 Å². The van der Waals surface area contributed by atoms with E-state index in [2.05, 4.69) is 48.5 Å². The molecule has 1 heterocycles. The second kappa shape index (κ2) is 7.46. The number of hydrogen-bond donors (Lipinski definition) is 1. The number of aryl methyl sites for hydroxylation is 2. The average molecular weight is 292 g/mol. The summed E-state index contributed by atoms with van der Waals surface area (Å²) in [5.41, 5.74) is 2.46. The van der Waals surface area contributed by atoms with E-state index >= 15 is 0 Å². The number of nitrogens with one attached hydrogen (secondary N) is 1. The molecule has 0 aliphatic rings. The third-order valence-corrected chi connectivity index (χ3v) is 3.77. The van der Waals surface area contributed by atoms with Gasteiger partial charge in [0.15, 0.2) is 0 Å². The van der Waals surface area contributed by atoms with Crippen molar-refractivity contribution in [1.82, 2.24) is 15.1 Å². The highest BCUT2D eigenvalue weighted by Gasteiger charge is 2.18. The van der Waals surface area contributed by atoms with Gasteiger partial charge in [-0.05, 0) is 31.9 Å². The van der Waals surface area contributed by atoms with Crippen LogP contribution in [0, 0.1) is 0 Å². The van der Waals surface area contributed by atoms with E-state index in [1.54, 1.807) is 6.20 Å². The minimum Gasteiger partial charge on any atom is -0.309 e. The summed E-state index contributed by atoms with van der Waals surface area (Å²) in [5.74, 6) is 0. The smallest absolute Gasteiger partial charge is 0.0834 e. The highest BCUT2D eigenvalue weighted by Crippen LogP contribution is 2.26. The van der Waals surface area contributed by atoms with Crippen molar-refractivity contribution in [1.29, 1.82) is 0 Å². The van der Waals surface area contributed by atoms with Gasteiger partial charge in [-0.25, -0.2) is 0 Å². The third kappa shape index (κ3) is 3.62. The molecular weight excluding hydrogens is 270 g/mol. The predicted octanol–water partition coefficient (Wildman–Crippen LogP) is 3.84. The maximum absolute atomic E-state index is 6.31. The van der Waals surface area contributed by atoms with Crippen LogP contribution in [0.5, 0.6) is 0 Å². The molecule has 4 heteroatoms. The van der Waals surface area contributed by atoms with Gasteiger partial charge in [-0.2, -0.15) is 5.10 Å². The van der Waals surface area contributed by atoms with E-state index in [1.807, 2.05) is 10.7 Å². The lowest BCUT2D eigenvalue weighted by molar-refractivity contribution is 0.467. The summed E-state index contributed by atoms with van der Waals surface area (Å²) >= 11 is 6.31. The lowest BCUT2D eigenvalue weighted by Crippen LogP contribution is -2.24. The first-order valence-electron chi connectivity index (χ1n) is 7.24. The Kier molecular flexibility index (Phi) is 5.62. The number of aromatic nitrogens is 2. The van der Waals surface area contributed by atoms with Crippen molar-refractivity contribution in [3.05, 3.63) is 52.8 Å². The van der Waals surface area contributed by atoms with Gasteiger partial charge in [0.05, 0.1) is 23.0 Å². The topological polar surface area (TPSA) is 29.9 Å². The van der Waals surface area contributed by atoms with Crippen LogP contribution in [0.1, 0.15) is 37.6 Å². The van der Waals surface area contributed by atoms with Crippen LogP contribution in [-0.4, -0.2) is 16.3 Å². The van der Waals surface area contributed by atoms with Crippen LogP contribution in [0.25, 0.3) is 0 Å². The van der Waals surface area contributed by atoms with Gasteiger partial charge in [0.1, 0.15) is 0 Å². The highest BCUT2D eigenvalue weighted by atomic mass is 35.5. The quantitative estimate of drug-likeness (QED) is 0.840. The Morgan fingerprint density at radius 2 is 2.00 bits per heavy atom. The van der Waals surface area contributed by atoms with Crippen LogP contribution in [0.4, 0.5) is 0 Å². The monoisotopic (exact) mass is 291 g/mol. The molecular formula is C16H22ClN3. The Morgan fingerprint density at radius 3 is 2.65 bits per heavy atom. The van der Waals surface area contributed by atoms with E-state index < -0.39 is 0 Å². The molecule has 0 saturated heterocycles. The van der Waals surface area contributed by atoms with Crippen LogP contribution in [0.15, 0.2) is 36.5 Å². The molecule has 20 heavy (non-hydrogen) atoms. The van der Waals surface area contributed by atoms with E-state index in [4.69, 9.17) is 11.6 Å². The predicted molar refractivity (Wildman–Crippen MR) is 84.1 cm³/mol. The molecule has 0 radical (unpaired) electrons. The Hall–Kier alpha value is -1.32. The number of halogens is 1. The summed E-state index contributed by atoms with van der Waals surface area (Å²) in [7, 11) is 0. The van der Waals surface area contributed by atoms with E-state index in [1.165, 1.54) is 5.56 Å². The molecule has 1 N–H and O–H groups in total. The number of nitrogens with zero attached hydrogens (tertiary/aromatic N) is 2. The van der Waals surface area contributed by atoms with Crippen molar-refractivity contribution in [3.63, 3.8) is 0 Å². The van der Waals surface area contributed by atoms with Gasteiger partial charge in [0.25, 0.3) is 0 Å². The molecule has 2 aromatic rings. The van der Waals surface area contributed by atoms with Gasteiger partial charge in [0, 0.05) is 6.54 Å². The number of benzene rings is 1. The van der Waals surface area contributed by atoms with Gasteiger partial charge in [0.2, 0.25) is 0 Å². The molecule has 0 amide bonds. The third-order valence-electron chi connectivity index (χ3n) is 3.48. The van der Waals surface area contributed by atoms with E-state index in [-0.39, 0.29) is 6.04 Å². The zero-order valence-corrected chi connectivity index (χ0v) is 12.9. The molecule has 0 bridgehead atoms. The molecule has 2 rings (SSSR count). The normalized spacial score (nSPS) is 12.6. The van der Waals surface area contributed by atoms with Crippen LogP contribution in [0.2, 0.25) is 5.02 Å². The van der Waals surface area contributed by atoms with Gasteiger partial charge >= 0.3 is 0 Å². The zero-order chi connectivity index (χ0) is 14.4. The first-order valence-corrected chi connectivity index (χ1v) is 7.62. The maximum Gasteiger partial charge on any atom is 0.0834 e. The lowest BCUT2D eigenvalue weighted by Gasteiger charge is -2.19. The molecule has 0 saturated carbocycles. The van der Waals surface area contributed by atoms with Crippen molar-refractivity contribution in [2.45, 2.75) is 39.3 Å². The SMILES string of the molecule is CCNC(CCc1ccccc1)c1c(Cl)cnn1CC. The summed E-state index contributed by atoms with van der Waals surface area (Å²) in [6.45, 7) is 5.98. The van der Waals surface area contributed by atoms with E-state index in [0.29, 0.717) is 0 Å². The molecule has 0 aliphatic carbocycles.